The summed E-state index contributed by atoms with van der Waals surface area (Å²) in [6, 6.07) is 3.06. The Labute approximate surface area is 106 Å². The van der Waals surface area contributed by atoms with Gasteiger partial charge >= 0.3 is 0 Å². The van der Waals surface area contributed by atoms with Gasteiger partial charge in [0, 0.05) is 6.04 Å². The first-order chi connectivity index (χ1) is 8.02. The summed E-state index contributed by atoms with van der Waals surface area (Å²) in [5, 5.41) is 12.2. The van der Waals surface area contributed by atoms with E-state index in [2.05, 4.69) is 30.1 Å². The van der Waals surface area contributed by atoms with Crippen molar-refractivity contribution in [3.05, 3.63) is 0 Å². The van der Waals surface area contributed by atoms with E-state index in [0.717, 1.165) is 25.3 Å². The number of nitrogens with one attached hydrogen (secondary N) is 1. The molecule has 98 valence electrons. The lowest BCUT2D eigenvalue weighted by molar-refractivity contribution is 0.110. The number of rotatable bonds is 5. The molecule has 0 saturated carbocycles. The number of hydrogen-bond donors (Lipinski definition) is 1. The van der Waals surface area contributed by atoms with E-state index in [-0.39, 0.29) is 5.54 Å². The minimum Gasteiger partial charge on any atom is -0.303 e. The third kappa shape index (κ3) is 3.97. The van der Waals surface area contributed by atoms with Gasteiger partial charge in [-0.15, -0.1) is 0 Å². The van der Waals surface area contributed by atoms with Crippen LogP contribution >= 0.6 is 0 Å². The first-order valence-electron chi connectivity index (χ1n) is 6.86. The lowest BCUT2D eigenvalue weighted by Crippen LogP contribution is -2.44. The summed E-state index contributed by atoms with van der Waals surface area (Å²) in [5.74, 6) is 0.815. The molecule has 0 radical (unpaired) electrons. The van der Waals surface area contributed by atoms with Gasteiger partial charge in [0.1, 0.15) is 5.54 Å². The zero-order valence-electron chi connectivity index (χ0n) is 11.8. The van der Waals surface area contributed by atoms with Crippen LogP contribution in [0.25, 0.3) is 0 Å². The molecule has 0 aromatic rings. The predicted molar refractivity (Wildman–Crippen MR) is 71.7 cm³/mol. The number of nitrogens with zero attached hydrogens (tertiary/aromatic N) is 2. The monoisotopic (exact) mass is 237 g/mol. The van der Waals surface area contributed by atoms with Gasteiger partial charge in [-0.2, -0.15) is 5.26 Å². The highest BCUT2D eigenvalue weighted by atomic mass is 15.2. The fraction of sp³-hybridized carbons (Fsp3) is 0.929. The molecule has 3 nitrogen and oxygen atoms in total. The topological polar surface area (TPSA) is 39.1 Å². The second-order valence-corrected chi connectivity index (χ2v) is 5.69. The Morgan fingerprint density at radius 1 is 1.47 bits per heavy atom. The van der Waals surface area contributed by atoms with Crippen molar-refractivity contribution < 1.29 is 0 Å². The van der Waals surface area contributed by atoms with Gasteiger partial charge in [-0.1, -0.05) is 6.92 Å². The van der Waals surface area contributed by atoms with Crippen LogP contribution in [0.2, 0.25) is 0 Å². The van der Waals surface area contributed by atoms with Crippen LogP contribution in [0.5, 0.6) is 0 Å². The first kappa shape index (κ1) is 14.5. The van der Waals surface area contributed by atoms with Gasteiger partial charge in [0.05, 0.1) is 6.07 Å². The van der Waals surface area contributed by atoms with Gasteiger partial charge in [0.25, 0.3) is 0 Å². The Bertz CT molecular complexity index is 271. The van der Waals surface area contributed by atoms with Crippen molar-refractivity contribution in [3.8, 4) is 6.07 Å². The van der Waals surface area contributed by atoms with Gasteiger partial charge < -0.3 is 10.2 Å². The van der Waals surface area contributed by atoms with E-state index in [1.165, 1.54) is 19.4 Å². The van der Waals surface area contributed by atoms with E-state index in [9.17, 15) is 0 Å². The molecule has 1 aliphatic rings. The van der Waals surface area contributed by atoms with Crippen LogP contribution in [0.1, 0.15) is 46.5 Å². The molecular weight excluding hydrogens is 210 g/mol. The number of likely N-dealkylation sites (tertiary alicyclic amines) is 1. The average molecular weight is 237 g/mol. The van der Waals surface area contributed by atoms with E-state index in [4.69, 9.17) is 5.26 Å². The molecule has 0 aromatic heterocycles. The minimum atomic E-state index is -0.357. The van der Waals surface area contributed by atoms with E-state index in [0.29, 0.717) is 6.04 Å². The molecule has 0 amide bonds. The molecule has 1 fully saturated rings. The van der Waals surface area contributed by atoms with E-state index < -0.39 is 0 Å². The van der Waals surface area contributed by atoms with Gasteiger partial charge in [-0.3, -0.25) is 0 Å². The van der Waals surface area contributed by atoms with Crippen molar-refractivity contribution >= 4 is 0 Å². The van der Waals surface area contributed by atoms with Gasteiger partial charge in [-0.25, -0.2) is 0 Å². The van der Waals surface area contributed by atoms with Crippen molar-refractivity contribution in [1.82, 2.24) is 10.2 Å². The standard InChI is InChI=1S/C14H27N3/c1-12-7-5-9-17(13(12)2)10-6-8-14(3,11-15)16-4/h12-13,16H,5-10H2,1-4H3. The lowest BCUT2D eigenvalue weighted by Gasteiger charge is -2.38. The van der Waals surface area contributed by atoms with Crippen LogP contribution in [0, 0.1) is 17.2 Å². The smallest absolute Gasteiger partial charge is 0.103 e. The Morgan fingerprint density at radius 3 is 2.76 bits per heavy atom. The maximum absolute atomic E-state index is 9.09. The molecule has 1 rings (SSSR count). The maximum Gasteiger partial charge on any atom is 0.103 e. The predicted octanol–water partition coefficient (Wildman–Crippen LogP) is 2.39. The molecular formula is C14H27N3. The molecule has 0 spiro atoms. The fourth-order valence-corrected chi connectivity index (χ4v) is 2.61. The Hall–Kier alpha value is -0.590. The van der Waals surface area contributed by atoms with Gasteiger partial charge in [-0.05, 0) is 65.6 Å². The van der Waals surface area contributed by atoms with E-state index >= 15 is 0 Å². The highest BCUT2D eigenvalue weighted by Crippen LogP contribution is 2.23. The van der Waals surface area contributed by atoms with E-state index in [1.54, 1.807) is 0 Å². The highest BCUT2D eigenvalue weighted by molar-refractivity contribution is 5.02. The molecule has 1 aliphatic heterocycles. The lowest BCUT2D eigenvalue weighted by atomic mass is 9.91. The molecule has 1 heterocycles. The summed E-state index contributed by atoms with van der Waals surface area (Å²) >= 11 is 0. The molecule has 0 aliphatic carbocycles. The first-order valence-corrected chi connectivity index (χ1v) is 6.86. The fourth-order valence-electron chi connectivity index (χ4n) is 2.61. The van der Waals surface area contributed by atoms with Crippen LogP contribution in [0.15, 0.2) is 0 Å². The SMILES string of the molecule is CNC(C)(C#N)CCCN1CCCC(C)C1C. The molecule has 0 bridgehead atoms. The molecule has 3 heteroatoms. The second kappa shape index (κ2) is 6.37. The number of nitriles is 1. The number of hydrogen-bond acceptors (Lipinski definition) is 3. The summed E-state index contributed by atoms with van der Waals surface area (Å²) < 4.78 is 0. The third-order valence-corrected chi connectivity index (χ3v) is 4.42. The van der Waals surface area contributed by atoms with Crippen molar-refractivity contribution in [2.45, 2.75) is 58.0 Å². The normalized spacial score (nSPS) is 29.6. The average Bonchev–Trinajstić information content (AvgIpc) is 2.34. The summed E-state index contributed by atoms with van der Waals surface area (Å²) in [4.78, 5) is 2.58. The van der Waals surface area contributed by atoms with Crippen LogP contribution in [-0.2, 0) is 0 Å². The zero-order chi connectivity index (χ0) is 12.9. The van der Waals surface area contributed by atoms with Crippen LogP contribution < -0.4 is 5.32 Å². The van der Waals surface area contributed by atoms with Gasteiger partial charge in [0.2, 0.25) is 0 Å². The summed E-state index contributed by atoms with van der Waals surface area (Å²) in [7, 11) is 1.87. The zero-order valence-corrected chi connectivity index (χ0v) is 11.8. The summed E-state index contributed by atoms with van der Waals surface area (Å²) in [5.41, 5.74) is -0.357. The molecule has 0 aromatic carbocycles. The third-order valence-electron chi connectivity index (χ3n) is 4.42. The Balaban J connectivity index is 2.33. The Kier molecular flexibility index (Phi) is 5.42. The van der Waals surface area contributed by atoms with Crippen LogP contribution in [-0.4, -0.2) is 36.6 Å². The molecule has 1 saturated heterocycles. The summed E-state index contributed by atoms with van der Waals surface area (Å²) in [6.45, 7) is 9.03. The quantitative estimate of drug-likeness (QED) is 0.798. The second-order valence-electron chi connectivity index (χ2n) is 5.69. The number of piperidine rings is 1. The maximum atomic E-state index is 9.09. The molecule has 3 unspecified atom stereocenters. The highest BCUT2D eigenvalue weighted by Gasteiger charge is 2.25. The van der Waals surface area contributed by atoms with Crippen LogP contribution in [0.4, 0.5) is 0 Å². The van der Waals surface area contributed by atoms with Crippen molar-refractivity contribution in [2.24, 2.45) is 5.92 Å². The van der Waals surface area contributed by atoms with Crippen LogP contribution in [0.3, 0.4) is 0 Å². The molecule has 17 heavy (non-hydrogen) atoms. The molecule has 3 atom stereocenters. The largest absolute Gasteiger partial charge is 0.303 e. The van der Waals surface area contributed by atoms with Crippen molar-refractivity contribution in [3.63, 3.8) is 0 Å². The minimum absolute atomic E-state index is 0.357. The Morgan fingerprint density at radius 2 is 2.18 bits per heavy atom. The van der Waals surface area contributed by atoms with Crippen molar-refractivity contribution in [2.75, 3.05) is 20.1 Å². The molecule has 1 N–H and O–H groups in total. The summed E-state index contributed by atoms with van der Waals surface area (Å²) in [6.07, 6.45) is 4.72. The van der Waals surface area contributed by atoms with E-state index in [1.807, 2.05) is 14.0 Å². The van der Waals surface area contributed by atoms with Gasteiger partial charge in [0.15, 0.2) is 0 Å². The van der Waals surface area contributed by atoms with Crippen molar-refractivity contribution in [1.29, 1.82) is 5.26 Å².